The molecule has 126 valence electrons. The molecule has 0 aliphatic carbocycles. The quantitative estimate of drug-likeness (QED) is 0.632. The van der Waals surface area contributed by atoms with E-state index >= 15 is 0 Å². The predicted molar refractivity (Wildman–Crippen MR) is 93.7 cm³/mol. The Kier molecular flexibility index (Phi) is 6.37. The molecule has 0 heterocycles. The first kappa shape index (κ1) is 17.5. The van der Waals surface area contributed by atoms with Crippen LogP contribution in [0.3, 0.4) is 0 Å². The lowest BCUT2D eigenvalue weighted by Gasteiger charge is -2.12. The van der Waals surface area contributed by atoms with Gasteiger partial charge in [-0.2, -0.15) is 0 Å². The van der Waals surface area contributed by atoms with E-state index in [4.69, 9.17) is 4.74 Å². The van der Waals surface area contributed by atoms with Crippen LogP contribution in [-0.4, -0.2) is 31.0 Å². The van der Waals surface area contributed by atoms with Gasteiger partial charge in [0.1, 0.15) is 12.4 Å². The number of carbonyl (C=O) groups excluding carboxylic acids is 2. The van der Waals surface area contributed by atoms with Gasteiger partial charge in [0.05, 0.1) is 6.54 Å². The summed E-state index contributed by atoms with van der Waals surface area (Å²) in [5.41, 5.74) is 2.05. The first-order valence-electron chi connectivity index (χ1n) is 7.94. The molecule has 0 radical (unpaired) electrons. The van der Waals surface area contributed by atoms with E-state index in [0.29, 0.717) is 0 Å². The number of nitrogens with one attached hydrogen (secondary N) is 2. The lowest BCUT2D eigenvalue weighted by molar-refractivity contribution is -0.139. The van der Waals surface area contributed by atoms with Crippen LogP contribution in [0.2, 0.25) is 0 Å². The van der Waals surface area contributed by atoms with E-state index in [9.17, 15) is 9.59 Å². The first-order chi connectivity index (χ1) is 11.6. The van der Waals surface area contributed by atoms with Crippen molar-refractivity contribution in [3.8, 4) is 16.9 Å². The Bertz CT molecular complexity index is 684. The molecule has 0 fully saturated rings. The highest BCUT2D eigenvalue weighted by molar-refractivity contribution is 6.35. The summed E-state index contributed by atoms with van der Waals surface area (Å²) in [6, 6.07) is 17.6. The van der Waals surface area contributed by atoms with Gasteiger partial charge in [0.25, 0.3) is 0 Å². The van der Waals surface area contributed by atoms with E-state index in [1.165, 1.54) is 0 Å². The maximum Gasteiger partial charge on any atom is 0.309 e. The topological polar surface area (TPSA) is 67.4 Å². The molecule has 2 amide bonds. The van der Waals surface area contributed by atoms with Crippen LogP contribution in [0.25, 0.3) is 11.1 Å². The van der Waals surface area contributed by atoms with Gasteiger partial charge in [0, 0.05) is 11.6 Å². The zero-order chi connectivity index (χ0) is 17.4. The minimum atomic E-state index is -0.649. The molecule has 0 atom stereocenters. The summed E-state index contributed by atoms with van der Waals surface area (Å²) >= 11 is 0. The fourth-order valence-electron chi connectivity index (χ4n) is 2.18. The second-order valence-electron chi connectivity index (χ2n) is 5.59. The Morgan fingerprint density at radius 2 is 1.62 bits per heavy atom. The van der Waals surface area contributed by atoms with Crippen molar-refractivity contribution >= 4 is 11.8 Å². The van der Waals surface area contributed by atoms with E-state index in [2.05, 4.69) is 10.6 Å². The van der Waals surface area contributed by atoms with Crippen LogP contribution in [0.1, 0.15) is 13.8 Å². The van der Waals surface area contributed by atoms with Crippen LogP contribution >= 0.6 is 0 Å². The van der Waals surface area contributed by atoms with Gasteiger partial charge in [-0.25, -0.2) is 0 Å². The molecule has 5 nitrogen and oxygen atoms in total. The number of ether oxygens (including phenoxy) is 1. The molecule has 0 saturated carbocycles. The molecule has 0 aliphatic rings. The molecular weight excluding hydrogens is 304 g/mol. The zero-order valence-electron chi connectivity index (χ0n) is 13.9. The lowest BCUT2D eigenvalue weighted by atomic mass is 10.1. The summed E-state index contributed by atoms with van der Waals surface area (Å²) in [5.74, 6) is -0.539. The van der Waals surface area contributed by atoms with Gasteiger partial charge in [-0.1, -0.05) is 48.5 Å². The van der Waals surface area contributed by atoms with Crippen molar-refractivity contribution in [2.24, 2.45) is 0 Å². The number of rotatable bonds is 6. The lowest BCUT2D eigenvalue weighted by Crippen LogP contribution is -2.43. The van der Waals surface area contributed by atoms with E-state index in [0.717, 1.165) is 16.9 Å². The molecule has 0 unspecified atom stereocenters. The van der Waals surface area contributed by atoms with Crippen molar-refractivity contribution in [1.82, 2.24) is 10.6 Å². The van der Waals surface area contributed by atoms with Gasteiger partial charge in [0.2, 0.25) is 0 Å². The third-order valence-electron chi connectivity index (χ3n) is 3.24. The van der Waals surface area contributed by atoms with Crippen molar-refractivity contribution in [2.45, 2.75) is 19.9 Å². The Morgan fingerprint density at radius 3 is 2.33 bits per heavy atom. The van der Waals surface area contributed by atoms with Crippen LogP contribution in [0.5, 0.6) is 5.75 Å². The van der Waals surface area contributed by atoms with Crippen molar-refractivity contribution in [1.29, 1.82) is 0 Å². The van der Waals surface area contributed by atoms with Crippen LogP contribution in [0.4, 0.5) is 0 Å². The molecule has 2 rings (SSSR count). The van der Waals surface area contributed by atoms with Gasteiger partial charge in [-0.15, -0.1) is 0 Å². The zero-order valence-corrected chi connectivity index (χ0v) is 13.9. The van der Waals surface area contributed by atoms with Crippen LogP contribution in [0.15, 0.2) is 54.6 Å². The SMILES string of the molecule is CC(C)NC(=O)C(=O)NCCOc1ccccc1-c1ccccc1. The summed E-state index contributed by atoms with van der Waals surface area (Å²) in [6.07, 6.45) is 0. The first-order valence-corrected chi connectivity index (χ1v) is 7.94. The summed E-state index contributed by atoms with van der Waals surface area (Å²) in [5, 5.41) is 5.08. The minimum Gasteiger partial charge on any atom is -0.491 e. The molecule has 0 saturated heterocycles. The highest BCUT2D eigenvalue weighted by Crippen LogP contribution is 2.29. The number of benzene rings is 2. The second kappa shape index (κ2) is 8.72. The van der Waals surface area contributed by atoms with E-state index in [1.807, 2.05) is 54.6 Å². The van der Waals surface area contributed by atoms with Crippen molar-refractivity contribution in [3.05, 3.63) is 54.6 Å². The Morgan fingerprint density at radius 1 is 0.958 bits per heavy atom. The van der Waals surface area contributed by atoms with Crippen molar-refractivity contribution in [3.63, 3.8) is 0 Å². The standard InChI is InChI=1S/C19H22N2O3/c1-14(2)21-19(23)18(22)20-12-13-24-17-11-7-6-10-16(17)15-8-4-3-5-9-15/h3-11,14H,12-13H2,1-2H3,(H,20,22)(H,21,23). The molecule has 0 aromatic heterocycles. The highest BCUT2D eigenvalue weighted by atomic mass is 16.5. The Hall–Kier alpha value is -2.82. The maximum atomic E-state index is 11.6. The Labute approximate surface area is 142 Å². The smallest absolute Gasteiger partial charge is 0.309 e. The van der Waals surface area contributed by atoms with Gasteiger partial charge in [-0.05, 0) is 25.5 Å². The van der Waals surface area contributed by atoms with E-state index in [1.54, 1.807) is 13.8 Å². The van der Waals surface area contributed by atoms with E-state index < -0.39 is 11.8 Å². The summed E-state index contributed by atoms with van der Waals surface area (Å²) in [4.78, 5) is 23.1. The third kappa shape index (κ3) is 5.12. The monoisotopic (exact) mass is 326 g/mol. The van der Waals surface area contributed by atoms with Gasteiger partial charge in [0.15, 0.2) is 0 Å². The number of amides is 2. The van der Waals surface area contributed by atoms with Gasteiger partial charge >= 0.3 is 11.8 Å². The maximum absolute atomic E-state index is 11.6. The van der Waals surface area contributed by atoms with Crippen molar-refractivity contribution in [2.75, 3.05) is 13.2 Å². The van der Waals surface area contributed by atoms with Crippen LogP contribution in [0, 0.1) is 0 Å². The number of para-hydroxylation sites is 1. The Balaban J connectivity index is 1.87. The molecule has 24 heavy (non-hydrogen) atoms. The van der Waals surface area contributed by atoms with Crippen molar-refractivity contribution < 1.29 is 14.3 Å². The molecular formula is C19H22N2O3. The molecule has 2 N–H and O–H groups in total. The van der Waals surface area contributed by atoms with Crippen LogP contribution < -0.4 is 15.4 Å². The summed E-state index contributed by atoms with van der Waals surface area (Å²) in [6.45, 7) is 4.14. The van der Waals surface area contributed by atoms with E-state index in [-0.39, 0.29) is 19.2 Å². The molecule has 2 aromatic rings. The average molecular weight is 326 g/mol. The molecule has 0 spiro atoms. The second-order valence-corrected chi connectivity index (χ2v) is 5.59. The third-order valence-corrected chi connectivity index (χ3v) is 3.24. The highest BCUT2D eigenvalue weighted by Gasteiger charge is 2.13. The predicted octanol–water partition coefficient (Wildman–Crippen LogP) is 2.37. The van der Waals surface area contributed by atoms with Crippen LogP contribution in [-0.2, 0) is 9.59 Å². The number of carbonyl (C=O) groups is 2. The number of hydrogen-bond donors (Lipinski definition) is 2. The number of hydrogen-bond acceptors (Lipinski definition) is 3. The van der Waals surface area contributed by atoms with Gasteiger partial charge < -0.3 is 15.4 Å². The minimum absolute atomic E-state index is 0.0720. The molecule has 0 bridgehead atoms. The molecule has 0 aliphatic heterocycles. The molecule has 2 aromatic carbocycles. The van der Waals surface area contributed by atoms with Gasteiger partial charge in [-0.3, -0.25) is 9.59 Å². The fourth-order valence-corrected chi connectivity index (χ4v) is 2.18. The summed E-state index contributed by atoms with van der Waals surface area (Å²) in [7, 11) is 0. The fraction of sp³-hybridized carbons (Fsp3) is 0.263. The summed E-state index contributed by atoms with van der Waals surface area (Å²) < 4.78 is 5.76. The normalized spacial score (nSPS) is 10.3. The molecule has 5 heteroatoms. The largest absolute Gasteiger partial charge is 0.491 e. The average Bonchev–Trinajstić information content (AvgIpc) is 2.59.